The Morgan fingerprint density at radius 1 is 1.40 bits per heavy atom. The van der Waals surface area contributed by atoms with Crippen molar-refractivity contribution in [2.24, 2.45) is 0 Å². The van der Waals surface area contributed by atoms with Crippen molar-refractivity contribution in [2.45, 2.75) is 30.4 Å². The van der Waals surface area contributed by atoms with E-state index in [1.807, 2.05) is 6.92 Å². The zero-order valence-corrected chi connectivity index (χ0v) is 12.0. The van der Waals surface area contributed by atoms with Crippen LogP contribution in [0, 0.1) is 0 Å². The fraction of sp³-hybridized carbons (Fsp3) is 0.583. The van der Waals surface area contributed by atoms with E-state index < -0.39 is 22.2 Å². The summed E-state index contributed by atoms with van der Waals surface area (Å²) in [6, 6.07) is 2.87. The lowest BCUT2D eigenvalue weighted by atomic mass is 10.3. The summed E-state index contributed by atoms with van der Waals surface area (Å²) in [6.07, 6.45) is 0.255. The van der Waals surface area contributed by atoms with Crippen LogP contribution in [-0.4, -0.2) is 59.8 Å². The number of aromatic nitrogens is 1. The Morgan fingerprint density at radius 3 is 2.65 bits per heavy atom. The van der Waals surface area contributed by atoms with Gasteiger partial charge in [-0.1, -0.05) is 6.92 Å². The van der Waals surface area contributed by atoms with Crippen molar-refractivity contribution in [3.63, 3.8) is 0 Å². The molecule has 0 saturated carbocycles. The molecule has 7 nitrogen and oxygen atoms in total. The predicted molar refractivity (Wildman–Crippen MR) is 73.8 cm³/mol. The summed E-state index contributed by atoms with van der Waals surface area (Å²) in [4.78, 5) is 4.16. The van der Waals surface area contributed by atoms with Gasteiger partial charge >= 0.3 is 0 Å². The molecule has 0 aliphatic carbocycles. The van der Waals surface area contributed by atoms with Crippen molar-refractivity contribution < 1.29 is 18.6 Å². The monoisotopic (exact) mass is 301 g/mol. The topological polar surface area (TPSA) is 103 Å². The number of rotatable bonds is 5. The highest BCUT2D eigenvalue weighted by molar-refractivity contribution is 7.89. The first-order valence-corrected chi connectivity index (χ1v) is 7.95. The van der Waals surface area contributed by atoms with E-state index in [2.05, 4.69) is 10.3 Å². The molecule has 1 saturated heterocycles. The minimum atomic E-state index is -3.72. The van der Waals surface area contributed by atoms with Crippen LogP contribution in [0.25, 0.3) is 0 Å². The maximum absolute atomic E-state index is 12.4. The van der Waals surface area contributed by atoms with Crippen molar-refractivity contribution in [3.05, 3.63) is 18.3 Å². The van der Waals surface area contributed by atoms with Gasteiger partial charge in [0.05, 0.1) is 17.1 Å². The minimum Gasteiger partial charge on any atom is -0.389 e. The van der Waals surface area contributed by atoms with Gasteiger partial charge in [-0.25, -0.2) is 13.4 Å². The number of β-amino-alcohol motifs (C(OH)–C–C–N with tert-alkyl or cyclic N) is 2. The van der Waals surface area contributed by atoms with E-state index in [0.717, 1.165) is 10.7 Å². The van der Waals surface area contributed by atoms with Crippen LogP contribution in [-0.2, 0) is 10.0 Å². The summed E-state index contributed by atoms with van der Waals surface area (Å²) in [7, 11) is -3.72. The van der Waals surface area contributed by atoms with Gasteiger partial charge in [-0.15, -0.1) is 0 Å². The zero-order chi connectivity index (χ0) is 14.8. The minimum absolute atomic E-state index is 0.0937. The molecule has 2 rings (SSSR count). The van der Waals surface area contributed by atoms with E-state index in [4.69, 9.17) is 0 Å². The molecule has 8 heteroatoms. The van der Waals surface area contributed by atoms with E-state index >= 15 is 0 Å². The highest BCUT2D eigenvalue weighted by atomic mass is 32.2. The first kappa shape index (κ1) is 15.2. The van der Waals surface area contributed by atoms with Crippen LogP contribution in [0.2, 0.25) is 0 Å². The van der Waals surface area contributed by atoms with Gasteiger partial charge < -0.3 is 15.5 Å². The molecule has 2 unspecified atom stereocenters. The SMILES string of the molecule is CCCNc1cc(S(=O)(=O)N2CC(O)C(O)C2)ccn1. The van der Waals surface area contributed by atoms with Crippen LogP contribution in [0.3, 0.4) is 0 Å². The van der Waals surface area contributed by atoms with Crippen LogP contribution in [0.4, 0.5) is 5.82 Å². The lowest BCUT2D eigenvalue weighted by molar-refractivity contribution is 0.0572. The second-order valence-electron chi connectivity index (χ2n) is 4.76. The number of hydrogen-bond acceptors (Lipinski definition) is 6. The Balaban J connectivity index is 2.21. The summed E-state index contributed by atoms with van der Waals surface area (Å²) < 4.78 is 25.9. The number of sulfonamides is 1. The Bertz CT molecular complexity index is 554. The molecule has 3 N–H and O–H groups in total. The molecule has 0 amide bonds. The van der Waals surface area contributed by atoms with E-state index in [-0.39, 0.29) is 18.0 Å². The van der Waals surface area contributed by atoms with Crippen LogP contribution < -0.4 is 5.32 Å². The standard InChI is InChI=1S/C12H19N3O4S/c1-2-4-13-12-6-9(3-5-14-12)20(18,19)15-7-10(16)11(17)8-15/h3,5-6,10-11,16-17H,2,4,7-8H2,1H3,(H,13,14). The first-order valence-electron chi connectivity index (χ1n) is 6.51. The smallest absolute Gasteiger partial charge is 0.243 e. The molecule has 20 heavy (non-hydrogen) atoms. The molecule has 1 aliphatic heterocycles. The maximum Gasteiger partial charge on any atom is 0.243 e. The number of aliphatic hydroxyl groups excluding tert-OH is 2. The third-order valence-corrected chi connectivity index (χ3v) is 4.98. The van der Waals surface area contributed by atoms with Crippen LogP contribution in [0.15, 0.2) is 23.2 Å². The van der Waals surface area contributed by atoms with Gasteiger partial charge in [0.2, 0.25) is 10.0 Å². The quantitative estimate of drug-likeness (QED) is 0.686. The number of anilines is 1. The molecule has 1 aromatic rings. The highest BCUT2D eigenvalue weighted by Crippen LogP contribution is 2.22. The molecule has 1 fully saturated rings. The summed E-state index contributed by atoms with van der Waals surface area (Å²) in [5.74, 6) is 0.494. The van der Waals surface area contributed by atoms with Gasteiger partial charge in [-0.3, -0.25) is 0 Å². The highest BCUT2D eigenvalue weighted by Gasteiger charge is 2.37. The lowest BCUT2D eigenvalue weighted by Gasteiger charge is -2.16. The normalized spacial score (nSPS) is 23.9. The molecule has 0 spiro atoms. The molecular formula is C12H19N3O4S. The van der Waals surface area contributed by atoms with Gasteiger partial charge in [-0.05, 0) is 12.5 Å². The van der Waals surface area contributed by atoms with E-state index in [1.165, 1.54) is 18.3 Å². The second-order valence-corrected chi connectivity index (χ2v) is 6.70. The fourth-order valence-electron chi connectivity index (χ4n) is 2.00. The number of hydrogen-bond donors (Lipinski definition) is 3. The molecule has 0 bridgehead atoms. The Hall–Kier alpha value is -1.22. The Morgan fingerprint density at radius 2 is 2.05 bits per heavy atom. The second kappa shape index (κ2) is 6.04. The maximum atomic E-state index is 12.4. The molecule has 0 aromatic carbocycles. The molecule has 112 valence electrons. The van der Waals surface area contributed by atoms with Crippen LogP contribution in [0.1, 0.15) is 13.3 Å². The molecule has 2 heterocycles. The molecule has 1 aromatic heterocycles. The third kappa shape index (κ3) is 3.09. The average Bonchev–Trinajstić information content (AvgIpc) is 2.77. The molecular weight excluding hydrogens is 282 g/mol. The number of nitrogens with one attached hydrogen (secondary N) is 1. The number of nitrogens with zero attached hydrogens (tertiary/aromatic N) is 2. The van der Waals surface area contributed by atoms with Crippen molar-refractivity contribution in [1.82, 2.24) is 9.29 Å². The van der Waals surface area contributed by atoms with Crippen molar-refractivity contribution in [2.75, 3.05) is 25.0 Å². The molecule has 0 radical (unpaired) electrons. The zero-order valence-electron chi connectivity index (χ0n) is 11.2. The third-order valence-electron chi connectivity index (χ3n) is 3.15. The summed E-state index contributed by atoms with van der Waals surface area (Å²) in [5.41, 5.74) is 0. The van der Waals surface area contributed by atoms with Crippen LogP contribution >= 0.6 is 0 Å². The van der Waals surface area contributed by atoms with Crippen LogP contribution in [0.5, 0.6) is 0 Å². The number of aliphatic hydroxyl groups is 2. The van der Waals surface area contributed by atoms with Crippen molar-refractivity contribution in [3.8, 4) is 0 Å². The largest absolute Gasteiger partial charge is 0.389 e. The summed E-state index contributed by atoms with van der Waals surface area (Å²) in [5, 5.41) is 22.0. The van der Waals surface area contributed by atoms with Gasteiger partial charge in [0.1, 0.15) is 5.82 Å². The van der Waals surface area contributed by atoms with E-state index in [1.54, 1.807) is 0 Å². The van der Waals surface area contributed by atoms with E-state index in [9.17, 15) is 18.6 Å². The van der Waals surface area contributed by atoms with Gasteiger partial charge in [0.15, 0.2) is 0 Å². The van der Waals surface area contributed by atoms with Crippen molar-refractivity contribution in [1.29, 1.82) is 0 Å². The first-order chi connectivity index (χ1) is 9.45. The fourth-order valence-corrected chi connectivity index (χ4v) is 3.49. The van der Waals surface area contributed by atoms with Crippen molar-refractivity contribution >= 4 is 15.8 Å². The van der Waals surface area contributed by atoms with E-state index in [0.29, 0.717) is 12.4 Å². The van der Waals surface area contributed by atoms with Gasteiger partial charge in [0.25, 0.3) is 0 Å². The average molecular weight is 301 g/mol. The molecule has 1 aliphatic rings. The predicted octanol–water partition coefficient (Wildman–Crippen LogP) is -0.370. The number of pyridine rings is 1. The lowest BCUT2D eigenvalue weighted by Crippen LogP contribution is -2.30. The Kier molecular flexibility index (Phi) is 4.59. The Labute approximate surface area is 118 Å². The summed E-state index contributed by atoms with van der Waals surface area (Å²) in [6.45, 7) is 2.52. The van der Waals surface area contributed by atoms with Gasteiger partial charge in [0, 0.05) is 31.9 Å². The molecule has 2 atom stereocenters. The van der Waals surface area contributed by atoms with Gasteiger partial charge in [-0.2, -0.15) is 4.31 Å². The summed E-state index contributed by atoms with van der Waals surface area (Å²) >= 11 is 0.